The van der Waals surface area contributed by atoms with Crippen molar-refractivity contribution in [3.05, 3.63) is 53.6 Å². The van der Waals surface area contributed by atoms with E-state index < -0.39 is 0 Å². The second kappa shape index (κ2) is 6.31. The van der Waals surface area contributed by atoms with Gasteiger partial charge in [0.1, 0.15) is 0 Å². The number of rotatable bonds is 4. The van der Waals surface area contributed by atoms with Crippen LogP contribution in [-0.2, 0) is 4.74 Å². The van der Waals surface area contributed by atoms with Crippen LogP contribution in [0, 0.1) is 6.92 Å². The summed E-state index contributed by atoms with van der Waals surface area (Å²) in [6, 6.07) is 13.4. The zero-order valence-corrected chi connectivity index (χ0v) is 12.6. The fraction of sp³-hybridized carbons (Fsp3) is 0.235. The van der Waals surface area contributed by atoms with Gasteiger partial charge in [0.25, 0.3) is 0 Å². The molecule has 2 N–H and O–H groups in total. The summed E-state index contributed by atoms with van der Waals surface area (Å²) in [4.78, 5) is 14.1. The van der Waals surface area contributed by atoms with Crippen LogP contribution in [0.4, 0.5) is 17.1 Å². The number of benzene rings is 2. The van der Waals surface area contributed by atoms with Gasteiger partial charge in [-0.2, -0.15) is 0 Å². The Morgan fingerprint density at radius 2 is 1.90 bits per heavy atom. The average Bonchev–Trinajstić information content (AvgIpc) is 2.50. The number of carbonyl (C=O) groups is 1. The van der Waals surface area contributed by atoms with Crippen molar-refractivity contribution in [1.82, 2.24) is 0 Å². The van der Waals surface area contributed by atoms with Crippen molar-refractivity contribution in [2.45, 2.75) is 13.8 Å². The normalized spacial score (nSPS) is 10.2. The van der Waals surface area contributed by atoms with Crippen LogP contribution in [0.25, 0.3) is 0 Å². The molecule has 4 nitrogen and oxygen atoms in total. The summed E-state index contributed by atoms with van der Waals surface area (Å²) in [5, 5.41) is 0. The van der Waals surface area contributed by atoms with Gasteiger partial charge in [-0.05, 0) is 43.7 Å². The number of hydrogen-bond acceptors (Lipinski definition) is 4. The van der Waals surface area contributed by atoms with E-state index in [1.165, 1.54) is 7.11 Å². The number of methoxy groups -OCH3 is 1. The van der Waals surface area contributed by atoms with Crippen molar-refractivity contribution in [3.63, 3.8) is 0 Å². The van der Waals surface area contributed by atoms with Gasteiger partial charge < -0.3 is 15.4 Å². The topological polar surface area (TPSA) is 55.6 Å². The maximum Gasteiger partial charge on any atom is 0.340 e. The molecular weight excluding hydrogens is 264 g/mol. The van der Waals surface area contributed by atoms with Gasteiger partial charge in [0.2, 0.25) is 0 Å². The van der Waals surface area contributed by atoms with Gasteiger partial charge in [-0.15, -0.1) is 0 Å². The molecule has 110 valence electrons. The van der Waals surface area contributed by atoms with E-state index in [2.05, 4.69) is 4.90 Å². The lowest BCUT2D eigenvalue weighted by atomic mass is 10.1. The lowest BCUT2D eigenvalue weighted by molar-refractivity contribution is 0.0601. The molecule has 0 saturated carbocycles. The number of nitrogen functional groups attached to an aromatic ring is 1. The molecule has 4 heteroatoms. The maximum atomic E-state index is 12.0. The molecule has 0 saturated heterocycles. The molecule has 0 aromatic heterocycles. The van der Waals surface area contributed by atoms with E-state index in [0.717, 1.165) is 23.5 Å². The zero-order chi connectivity index (χ0) is 15.4. The Labute approximate surface area is 125 Å². The van der Waals surface area contributed by atoms with Crippen LogP contribution in [-0.4, -0.2) is 19.6 Å². The Morgan fingerprint density at radius 1 is 1.19 bits per heavy atom. The van der Waals surface area contributed by atoms with Crippen molar-refractivity contribution in [2.24, 2.45) is 0 Å². The molecule has 0 bridgehead atoms. The first-order chi connectivity index (χ1) is 10.1. The van der Waals surface area contributed by atoms with Gasteiger partial charge in [-0.1, -0.05) is 18.2 Å². The highest BCUT2D eigenvalue weighted by molar-refractivity contribution is 5.98. The zero-order valence-electron chi connectivity index (χ0n) is 12.6. The molecule has 2 rings (SSSR count). The first-order valence-corrected chi connectivity index (χ1v) is 6.89. The van der Waals surface area contributed by atoms with E-state index in [4.69, 9.17) is 10.5 Å². The van der Waals surface area contributed by atoms with Crippen molar-refractivity contribution in [3.8, 4) is 0 Å². The quantitative estimate of drug-likeness (QED) is 0.689. The summed E-state index contributed by atoms with van der Waals surface area (Å²) >= 11 is 0. The molecule has 0 atom stereocenters. The van der Waals surface area contributed by atoms with E-state index in [0.29, 0.717) is 11.3 Å². The monoisotopic (exact) mass is 284 g/mol. The van der Waals surface area contributed by atoms with Gasteiger partial charge in [0.15, 0.2) is 0 Å². The minimum atomic E-state index is -0.385. The minimum absolute atomic E-state index is 0.385. The third-order valence-corrected chi connectivity index (χ3v) is 3.44. The average molecular weight is 284 g/mol. The molecule has 0 radical (unpaired) electrons. The first-order valence-electron chi connectivity index (χ1n) is 6.89. The number of carbonyl (C=O) groups excluding carboxylic acids is 1. The van der Waals surface area contributed by atoms with Crippen LogP contribution in [0.3, 0.4) is 0 Å². The molecule has 0 heterocycles. The first kappa shape index (κ1) is 14.9. The number of aryl methyl sites for hydroxylation is 1. The highest BCUT2D eigenvalue weighted by Crippen LogP contribution is 2.32. The minimum Gasteiger partial charge on any atom is -0.465 e. The summed E-state index contributed by atoms with van der Waals surface area (Å²) in [5.74, 6) is -0.385. The van der Waals surface area contributed by atoms with Crippen LogP contribution < -0.4 is 10.6 Å². The van der Waals surface area contributed by atoms with E-state index in [1.54, 1.807) is 12.1 Å². The van der Waals surface area contributed by atoms with Gasteiger partial charge in [-0.25, -0.2) is 4.79 Å². The van der Waals surface area contributed by atoms with E-state index in [-0.39, 0.29) is 5.97 Å². The summed E-state index contributed by atoms with van der Waals surface area (Å²) in [6.45, 7) is 4.83. The third-order valence-electron chi connectivity index (χ3n) is 3.44. The Bertz CT molecular complexity index is 653. The molecule has 0 unspecified atom stereocenters. The number of ether oxygens (including phenoxy) is 1. The Morgan fingerprint density at radius 3 is 2.52 bits per heavy atom. The smallest absolute Gasteiger partial charge is 0.340 e. The number of para-hydroxylation sites is 1. The summed E-state index contributed by atoms with van der Waals surface area (Å²) < 4.78 is 4.87. The summed E-state index contributed by atoms with van der Waals surface area (Å²) in [6.07, 6.45) is 0. The van der Waals surface area contributed by atoms with Crippen LogP contribution in [0.2, 0.25) is 0 Å². The predicted molar refractivity (Wildman–Crippen MR) is 86.1 cm³/mol. The number of nitrogens with two attached hydrogens (primary N) is 1. The highest BCUT2D eigenvalue weighted by Gasteiger charge is 2.18. The standard InChI is InChI=1S/C17H20N2O2/c1-4-19(15-8-6-5-7-12(15)2)16-10-9-13(18)11-14(16)17(20)21-3/h5-11H,4,18H2,1-3H3. The largest absolute Gasteiger partial charge is 0.465 e. The van der Waals surface area contributed by atoms with Crippen molar-refractivity contribution >= 4 is 23.0 Å². The van der Waals surface area contributed by atoms with E-state index in [1.807, 2.05) is 44.2 Å². The molecule has 21 heavy (non-hydrogen) atoms. The molecule has 0 aliphatic carbocycles. The predicted octanol–water partition coefficient (Wildman–Crippen LogP) is 3.52. The molecule has 0 fully saturated rings. The number of hydrogen-bond donors (Lipinski definition) is 1. The molecule has 2 aromatic carbocycles. The van der Waals surface area contributed by atoms with Gasteiger partial charge in [0.05, 0.1) is 18.4 Å². The van der Waals surface area contributed by atoms with Crippen molar-refractivity contribution < 1.29 is 9.53 Å². The Hall–Kier alpha value is -2.49. The van der Waals surface area contributed by atoms with Gasteiger partial charge in [-0.3, -0.25) is 0 Å². The molecule has 2 aromatic rings. The molecule has 0 aliphatic heterocycles. The molecule has 0 spiro atoms. The van der Waals surface area contributed by atoms with Crippen LogP contribution in [0.5, 0.6) is 0 Å². The Balaban J connectivity index is 2.58. The second-order valence-corrected chi connectivity index (χ2v) is 4.80. The molecule has 0 aliphatic rings. The SMILES string of the molecule is CCN(c1ccccc1C)c1ccc(N)cc1C(=O)OC. The molecule has 0 amide bonds. The number of anilines is 3. The fourth-order valence-electron chi connectivity index (χ4n) is 2.40. The van der Waals surface area contributed by atoms with Crippen LogP contribution in [0.1, 0.15) is 22.8 Å². The second-order valence-electron chi connectivity index (χ2n) is 4.80. The highest BCUT2D eigenvalue weighted by atomic mass is 16.5. The Kier molecular flexibility index (Phi) is 4.48. The van der Waals surface area contributed by atoms with Crippen molar-refractivity contribution in [2.75, 3.05) is 24.3 Å². The third kappa shape index (κ3) is 2.99. The number of nitrogens with zero attached hydrogens (tertiary/aromatic N) is 1. The lowest BCUT2D eigenvalue weighted by Gasteiger charge is -2.27. The van der Waals surface area contributed by atoms with E-state index >= 15 is 0 Å². The lowest BCUT2D eigenvalue weighted by Crippen LogP contribution is -2.20. The van der Waals surface area contributed by atoms with Crippen LogP contribution in [0.15, 0.2) is 42.5 Å². The molecular formula is C17H20N2O2. The number of esters is 1. The summed E-state index contributed by atoms with van der Waals surface area (Å²) in [5.41, 5.74) is 9.83. The van der Waals surface area contributed by atoms with Gasteiger partial charge >= 0.3 is 5.97 Å². The maximum absolute atomic E-state index is 12.0. The fourth-order valence-corrected chi connectivity index (χ4v) is 2.40. The van der Waals surface area contributed by atoms with Crippen LogP contribution >= 0.6 is 0 Å². The summed E-state index contributed by atoms with van der Waals surface area (Å²) in [7, 11) is 1.37. The van der Waals surface area contributed by atoms with Crippen molar-refractivity contribution in [1.29, 1.82) is 0 Å². The van der Waals surface area contributed by atoms with E-state index in [9.17, 15) is 4.79 Å². The van der Waals surface area contributed by atoms with Gasteiger partial charge in [0, 0.05) is 17.9 Å².